The molecule has 1 amide bonds. The molecule has 1 heterocycles. The molecule has 0 saturated carbocycles. The first-order chi connectivity index (χ1) is 13.5. The van der Waals surface area contributed by atoms with E-state index in [0.717, 1.165) is 6.42 Å². The molecule has 1 aliphatic heterocycles. The van der Waals surface area contributed by atoms with Crippen molar-refractivity contribution in [2.75, 3.05) is 11.4 Å². The van der Waals surface area contributed by atoms with Gasteiger partial charge < -0.3 is 10.2 Å². The van der Waals surface area contributed by atoms with Crippen LogP contribution in [0.5, 0.6) is 0 Å². The second kappa shape index (κ2) is 8.93. The minimum Gasteiger partial charge on any atom is -0.308 e. The molecular formula is C21H24FN3O3. The first-order valence-corrected chi connectivity index (χ1v) is 9.51. The van der Waals surface area contributed by atoms with E-state index >= 15 is 0 Å². The lowest BCUT2D eigenvalue weighted by molar-refractivity contribution is -0.385. The van der Waals surface area contributed by atoms with Crippen LogP contribution in [-0.4, -0.2) is 29.5 Å². The number of benzene rings is 2. The van der Waals surface area contributed by atoms with Gasteiger partial charge in [0.25, 0.3) is 5.69 Å². The van der Waals surface area contributed by atoms with Gasteiger partial charge in [-0.15, -0.1) is 0 Å². The van der Waals surface area contributed by atoms with Gasteiger partial charge >= 0.3 is 0 Å². The molecule has 28 heavy (non-hydrogen) atoms. The normalized spacial score (nSPS) is 18.1. The number of carbonyl (C=O) groups excluding carboxylic acids is 1. The summed E-state index contributed by atoms with van der Waals surface area (Å²) >= 11 is 0. The number of para-hydroxylation sites is 2. The Morgan fingerprint density at radius 2 is 1.96 bits per heavy atom. The van der Waals surface area contributed by atoms with Crippen molar-refractivity contribution in [2.45, 2.75) is 44.7 Å². The number of nitrogens with zero attached hydrogens (tertiary/aromatic N) is 2. The number of anilines is 1. The van der Waals surface area contributed by atoms with Gasteiger partial charge in [-0.1, -0.05) is 30.3 Å². The molecule has 2 aromatic carbocycles. The summed E-state index contributed by atoms with van der Waals surface area (Å²) in [6, 6.07) is 12.6. The third kappa shape index (κ3) is 4.54. The van der Waals surface area contributed by atoms with Gasteiger partial charge in [-0.3, -0.25) is 14.9 Å². The summed E-state index contributed by atoms with van der Waals surface area (Å²) in [6.07, 6.45) is 2.69. The number of carbonyl (C=O) groups is 1. The van der Waals surface area contributed by atoms with Gasteiger partial charge in [-0.25, -0.2) is 4.39 Å². The Hall–Kier alpha value is -2.80. The van der Waals surface area contributed by atoms with E-state index in [1.165, 1.54) is 17.0 Å². The first-order valence-electron chi connectivity index (χ1n) is 9.51. The van der Waals surface area contributed by atoms with Crippen molar-refractivity contribution < 1.29 is 14.1 Å². The van der Waals surface area contributed by atoms with E-state index < -0.39 is 5.82 Å². The van der Waals surface area contributed by atoms with Gasteiger partial charge in [0.05, 0.1) is 16.7 Å². The van der Waals surface area contributed by atoms with Crippen LogP contribution in [0.25, 0.3) is 0 Å². The van der Waals surface area contributed by atoms with Crippen LogP contribution >= 0.6 is 0 Å². The second-order valence-corrected chi connectivity index (χ2v) is 7.13. The largest absolute Gasteiger partial charge is 0.308 e. The topological polar surface area (TPSA) is 75.5 Å². The summed E-state index contributed by atoms with van der Waals surface area (Å²) in [5.74, 6) is -0.533. The predicted octanol–water partition coefficient (Wildman–Crippen LogP) is 3.84. The van der Waals surface area contributed by atoms with Crippen LogP contribution in [0.3, 0.4) is 0 Å². The van der Waals surface area contributed by atoms with Gasteiger partial charge in [0.15, 0.2) is 0 Å². The SMILES string of the molecule is C[C@@H](CCc1ccccc1[N+](=O)[O-])N[C@H]1CCCN(c2ccccc2F)C1=O. The molecule has 1 aliphatic rings. The molecule has 0 aromatic heterocycles. The molecule has 148 valence electrons. The smallest absolute Gasteiger partial charge is 0.272 e. The molecule has 0 radical (unpaired) electrons. The van der Waals surface area contributed by atoms with E-state index in [1.54, 1.807) is 36.4 Å². The fraction of sp³-hybridized carbons (Fsp3) is 0.381. The zero-order valence-electron chi connectivity index (χ0n) is 15.8. The number of nitro groups is 1. The number of hydrogen-bond acceptors (Lipinski definition) is 4. The molecule has 0 aliphatic carbocycles. The summed E-state index contributed by atoms with van der Waals surface area (Å²) in [7, 11) is 0. The minimum atomic E-state index is -0.402. The predicted molar refractivity (Wildman–Crippen MR) is 106 cm³/mol. The van der Waals surface area contributed by atoms with Gasteiger partial charge in [0, 0.05) is 24.2 Å². The lowest BCUT2D eigenvalue weighted by Gasteiger charge is -2.34. The Morgan fingerprint density at radius 3 is 2.71 bits per heavy atom. The summed E-state index contributed by atoms with van der Waals surface area (Å²) in [4.78, 5) is 25.1. The molecule has 0 unspecified atom stereocenters. The van der Waals surface area contributed by atoms with Gasteiger partial charge in [0.1, 0.15) is 5.82 Å². The Bertz CT molecular complexity index is 858. The maximum Gasteiger partial charge on any atom is 0.272 e. The quantitative estimate of drug-likeness (QED) is 0.580. The van der Waals surface area contributed by atoms with Crippen molar-refractivity contribution in [1.82, 2.24) is 5.32 Å². The Labute approximate surface area is 163 Å². The Morgan fingerprint density at radius 1 is 1.25 bits per heavy atom. The number of piperidine rings is 1. The summed E-state index contributed by atoms with van der Waals surface area (Å²) < 4.78 is 14.1. The van der Waals surface area contributed by atoms with Crippen molar-refractivity contribution in [3.8, 4) is 0 Å². The highest BCUT2D eigenvalue weighted by Gasteiger charge is 2.31. The van der Waals surface area contributed by atoms with Crippen LogP contribution in [0.1, 0.15) is 31.7 Å². The molecule has 0 bridgehead atoms. The van der Waals surface area contributed by atoms with Crippen molar-refractivity contribution in [3.63, 3.8) is 0 Å². The minimum absolute atomic E-state index is 0.00525. The number of nitro benzene ring substituents is 1. The number of amides is 1. The van der Waals surface area contributed by atoms with Crippen LogP contribution in [0, 0.1) is 15.9 Å². The fourth-order valence-corrected chi connectivity index (χ4v) is 3.64. The lowest BCUT2D eigenvalue weighted by Crippen LogP contribution is -2.53. The summed E-state index contributed by atoms with van der Waals surface area (Å²) in [5, 5.41) is 14.5. The maximum atomic E-state index is 14.1. The van der Waals surface area contributed by atoms with Crippen molar-refractivity contribution in [2.24, 2.45) is 0 Å². The van der Waals surface area contributed by atoms with Gasteiger partial charge in [0.2, 0.25) is 5.91 Å². The van der Waals surface area contributed by atoms with Crippen LogP contribution < -0.4 is 10.2 Å². The molecule has 6 nitrogen and oxygen atoms in total. The molecule has 1 fully saturated rings. The molecule has 2 atom stereocenters. The molecule has 2 aromatic rings. The van der Waals surface area contributed by atoms with E-state index in [0.29, 0.717) is 37.1 Å². The van der Waals surface area contributed by atoms with Crippen LogP contribution in [0.4, 0.5) is 15.8 Å². The molecule has 1 N–H and O–H groups in total. The Balaban J connectivity index is 1.61. The Kier molecular flexibility index (Phi) is 6.36. The second-order valence-electron chi connectivity index (χ2n) is 7.13. The van der Waals surface area contributed by atoms with Gasteiger partial charge in [-0.2, -0.15) is 0 Å². The first kappa shape index (κ1) is 19.9. The van der Waals surface area contributed by atoms with Gasteiger partial charge in [-0.05, 0) is 44.7 Å². The zero-order chi connectivity index (χ0) is 20.1. The number of hydrogen-bond donors (Lipinski definition) is 1. The van der Waals surface area contributed by atoms with Crippen molar-refractivity contribution in [1.29, 1.82) is 0 Å². The van der Waals surface area contributed by atoms with E-state index in [1.807, 2.05) is 6.92 Å². The summed E-state index contributed by atoms with van der Waals surface area (Å²) in [5.41, 5.74) is 1.12. The van der Waals surface area contributed by atoms with E-state index in [-0.39, 0.29) is 28.6 Å². The third-order valence-electron chi connectivity index (χ3n) is 5.10. The molecule has 0 spiro atoms. The highest BCUT2D eigenvalue weighted by Crippen LogP contribution is 2.25. The average molecular weight is 385 g/mol. The molecule has 1 saturated heterocycles. The third-order valence-corrected chi connectivity index (χ3v) is 5.10. The van der Waals surface area contributed by atoms with E-state index in [2.05, 4.69) is 5.32 Å². The molecule has 7 heteroatoms. The van der Waals surface area contributed by atoms with Crippen molar-refractivity contribution >= 4 is 17.3 Å². The van der Waals surface area contributed by atoms with E-state index in [4.69, 9.17) is 0 Å². The standard InChI is InChI=1S/C21H24FN3O3/c1-15(12-13-16-7-2-4-10-19(16)25(27)28)23-18-9-6-14-24(21(18)26)20-11-5-3-8-17(20)22/h2-5,7-8,10-11,15,18,23H,6,9,12-14H2,1H3/t15-,18-/m0/s1. The molecular weight excluding hydrogens is 361 g/mol. The maximum absolute atomic E-state index is 14.1. The van der Waals surface area contributed by atoms with Crippen LogP contribution in [0.15, 0.2) is 48.5 Å². The number of halogens is 1. The monoisotopic (exact) mass is 385 g/mol. The number of rotatable bonds is 7. The number of aryl methyl sites for hydroxylation is 1. The van der Waals surface area contributed by atoms with Crippen molar-refractivity contribution in [3.05, 3.63) is 70.0 Å². The lowest BCUT2D eigenvalue weighted by atomic mass is 10.00. The van der Waals surface area contributed by atoms with Crippen LogP contribution in [0.2, 0.25) is 0 Å². The highest BCUT2D eigenvalue weighted by molar-refractivity contribution is 5.98. The zero-order valence-corrected chi connectivity index (χ0v) is 15.8. The fourth-order valence-electron chi connectivity index (χ4n) is 3.64. The number of nitrogens with one attached hydrogen (secondary N) is 1. The highest BCUT2D eigenvalue weighted by atomic mass is 19.1. The van der Waals surface area contributed by atoms with E-state index in [9.17, 15) is 19.3 Å². The molecule has 3 rings (SSSR count). The summed E-state index contributed by atoms with van der Waals surface area (Å²) in [6.45, 7) is 2.46. The average Bonchev–Trinajstić information content (AvgIpc) is 2.69. The van der Waals surface area contributed by atoms with Crippen LogP contribution in [-0.2, 0) is 11.2 Å².